The minimum absolute atomic E-state index is 0.0914. The van der Waals surface area contributed by atoms with Crippen LogP contribution in [0, 0.1) is 0 Å². The van der Waals surface area contributed by atoms with Crippen molar-refractivity contribution < 1.29 is 21.7 Å². The molecule has 1 aliphatic rings. The van der Waals surface area contributed by atoms with E-state index in [-0.39, 0.29) is 6.61 Å². The highest BCUT2D eigenvalue weighted by molar-refractivity contribution is 7.99. The fourth-order valence-corrected chi connectivity index (χ4v) is 4.55. The third-order valence-electron chi connectivity index (χ3n) is 4.04. The van der Waals surface area contributed by atoms with Gasteiger partial charge in [-0.2, -0.15) is 4.57 Å². The second kappa shape index (κ2) is 8.67. The zero-order valence-electron chi connectivity index (χ0n) is 15.3. The molecular formula is C19H19ClN2O4S2. The van der Waals surface area contributed by atoms with Crippen LogP contribution >= 0.6 is 23.4 Å². The van der Waals surface area contributed by atoms with Crippen molar-refractivity contribution in [3.05, 3.63) is 53.7 Å². The van der Waals surface area contributed by atoms with Gasteiger partial charge < -0.3 is 9.87 Å². The van der Waals surface area contributed by atoms with E-state index in [4.69, 9.17) is 11.6 Å². The lowest BCUT2D eigenvalue weighted by atomic mass is 10.1. The van der Waals surface area contributed by atoms with Gasteiger partial charge in [-0.25, -0.2) is 8.42 Å². The van der Waals surface area contributed by atoms with Crippen LogP contribution in [0.15, 0.2) is 58.5 Å². The summed E-state index contributed by atoms with van der Waals surface area (Å²) in [6.45, 7) is 4.45. The van der Waals surface area contributed by atoms with Crippen LogP contribution in [0.4, 0.5) is 11.4 Å². The molecular weight excluding hydrogens is 420 g/mol. The Morgan fingerprint density at radius 1 is 1.18 bits per heavy atom. The van der Waals surface area contributed by atoms with Crippen molar-refractivity contribution >= 4 is 56.0 Å². The highest BCUT2D eigenvalue weighted by atomic mass is 35.5. The number of halogens is 1. The molecule has 6 nitrogen and oxygen atoms in total. The molecule has 1 N–H and O–H groups in total. The molecule has 0 amide bonds. The van der Waals surface area contributed by atoms with Gasteiger partial charge in [-0.15, -0.1) is 0 Å². The van der Waals surface area contributed by atoms with Gasteiger partial charge in [0, 0.05) is 6.07 Å². The average molecular weight is 439 g/mol. The number of benzene rings is 2. The van der Waals surface area contributed by atoms with Crippen LogP contribution in [0.5, 0.6) is 0 Å². The Bertz CT molecular complexity index is 1120. The van der Waals surface area contributed by atoms with Gasteiger partial charge in [-0.3, -0.25) is 4.18 Å². The Balaban J connectivity index is 0.000000279. The number of nitrogens with one attached hydrogen (secondary N) is 1. The summed E-state index contributed by atoms with van der Waals surface area (Å²) in [6.07, 6.45) is 2.21. The van der Waals surface area contributed by atoms with Crippen molar-refractivity contribution in [1.82, 2.24) is 0 Å². The normalized spacial score (nSPS) is 12.4. The molecule has 3 aromatic rings. The summed E-state index contributed by atoms with van der Waals surface area (Å²) in [5.74, 6) is 0. The van der Waals surface area contributed by atoms with Crippen LogP contribution in [0.25, 0.3) is 10.9 Å². The Labute approximate surface area is 173 Å². The lowest BCUT2D eigenvalue weighted by molar-refractivity contribution is -0.669. The number of hydrogen-bond donors (Lipinski definition) is 1. The summed E-state index contributed by atoms with van der Waals surface area (Å²) >= 11 is 8.07. The second-order valence-electron chi connectivity index (χ2n) is 5.83. The predicted molar refractivity (Wildman–Crippen MR) is 110 cm³/mol. The molecule has 0 spiro atoms. The molecule has 0 radical (unpaired) electrons. The number of fused-ring (bicyclic) bond motifs is 4. The Morgan fingerprint density at radius 3 is 2.57 bits per heavy atom. The van der Waals surface area contributed by atoms with Gasteiger partial charge in [0.05, 0.1) is 33.3 Å². The van der Waals surface area contributed by atoms with E-state index in [1.54, 1.807) is 11.8 Å². The van der Waals surface area contributed by atoms with E-state index in [1.165, 1.54) is 28.4 Å². The summed E-state index contributed by atoms with van der Waals surface area (Å²) in [5, 5.41) is 5.60. The standard InChI is InChI=1S/C17H13ClN2S.C2H6O4S/c1-2-20-10-15-16(11-6-3-4-9-14(11)20)19-13-8-5-7-12(18)17(13)21-15;1-2-6-7(3,4)5/h3-10H,2H2,1H3;2H2,1H3,(H,3,4,5). The zero-order valence-corrected chi connectivity index (χ0v) is 17.7. The summed E-state index contributed by atoms with van der Waals surface area (Å²) in [5.41, 5.74) is 3.51. The van der Waals surface area contributed by atoms with E-state index >= 15 is 0 Å². The first kappa shape index (κ1) is 20.9. The minimum Gasteiger partial charge on any atom is -0.726 e. The molecule has 0 saturated carbocycles. The number of aryl methyl sites for hydroxylation is 1. The second-order valence-corrected chi connectivity index (χ2v) is 8.34. The quantitative estimate of drug-likeness (QED) is 0.288. The highest BCUT2D eigenvalue weighted by Gasteiger charge is 2.24. The van der Waals surface area contributed by atoms with Gasteiger partial charge in [0.2, 0.25) is 15.9 Å². The molecule has 2 aromatic carbocycles. The van der Waals surface area contributed by atoms with E-state index in [0.29, 0.717) is 0 Å². The molecule has 4 rings (SSSR count). The van der Waals surface area contributed by atoms with E-state index in [0.717, 1.165) is 22.2 Å². The Morgan fingerprint density at radius 2 is 1.93 bits per heavy atom. The molecule has 2 heterocycles. The molecule has 0 unspecified atom stereocenters. The number of anilines is 2. The van der Waals surface area contributed by atoms with Crippen LogP contribution in [0.3, 0.4) is 0 Å². The molecule has 0 saturated heterocycles. The topological polar surface area (TPSA) is 82.3 Å². The van der Waals surface area contributed by atoms with Gasteiger partial charge in [-0.05, 0) is 32.0 Å². The first-order valence-electron chi connectivity index (χ1n) is 8.62. The van der Waals surface area contributed by atoms with Gasteiger partial charge in [0.1, 0.15) is 11.4 Å². The van der Waals surface area contributed by atoms with Gasteiger partial charge in [0.15, 0.2) is 6.20 Å². The fourth-order valence-electron chi connectivity index (χ4n) is 2.91. The third kappa shape index (κ3) is 4.59. The zero-order chi connectivity index (χ0) is 20.3. The molecule has 0 fully saturated rings. The molecule has 0 bridgehead atoms. The van der Waals surface area contributed by atoms with Gasteiger partial charge in [-0.1, -0.05) is 41.6 Å². The summed E-state index contributed by atoms with van der Waals surface area (Å²) in [4.78, 5) is 2.32. The smallest absolute Gasteiger partial charge is 0.217 e. The Hall–Kier alpha value is -1.84. The maximum absolute atomic E-state index is 9.45. The largest absolute Gasteiger partial charge is 0.726 e. The van der Waals surface area contributed by atoms with Crippen molar-refractivity contribution in [2.75, 3.05) is 11.9 Å². The van der Waals surface area contributed by atoms with E-state index in [1.807, 2.05) is 12.1 Å². The maximum atomic E-state index is 9.45. The average Bonchev–Trinajstić information content (AvgIpc) is 2.66. The van der Waals surface area contributed by atoms with Gasteiger partial charge >= 0.3 is 0 Å². The molecule has 148 valence electrons. The first-order valence-corrected chi connectivity index (χ1v) is 11.2. The van der Waals surface area contributed by atoms with Crippen molar-refractivity contribution in [3.63, 3.8) is 0 Å². The highest BCUT2D eigenvalue weighted by Crippen LogP contribution is 2.48. The number of pyridine rings is 1. The lowest BCUT2D eigenvalue weighted by Gasteiger charge is -2.22. The number of para-hydroxylation sites is 1. The number of aromatic nitrogens is 1. The van der Waals surface area contributed by atoms with Crippen molar-refractivity contribution in [3.8, 4) is 0 Å². The molecule has 0 aliphatic carbocycles. The Kier molecular flexibility index (Phi) is 6.47. The van der Waals surface area contributed by atoms with Crippen LogP contribution in [0.2, 0.25) is 5.02 Å². The molecule has 1 aromatic heterocycles. The van der Waals surface area contributed by atoms with Crippen molar-refractivity contribution in [1.29, 1.82) is 0 Å². The fraction of sp³-hybridized carbons (Fsp3) is 0.211. The van der Waals surface area contributed by atoms with E-state index in [2.05, 4.69) is 57.5 Å². The van der Waals surface area contributed by atoms with Crippen LogP contribution in [-0.2, 0) is 21.1 Å². The first-order chi connectivity index (χ1) is 13.3. The molecule has 1 aliphatic heterocycles. The predicted octanol–water partition coefficient (Wildman–Crippen LogP) is 4.49. The number of rotatable bonds is 3. The van der Waals surface area contributed by atoms with Gasteiger partial charge in [0.25, 0.3) is 0 Å². The number of nitrogens with zero attached hydrogens (tertiary/aromatic N) is 1. The van der Waals surface area contributed by atoms with Crippen LogP contribution in [-0.4, -0.2) is 19.6 Å². The molecule has 0 atom stereocenters. The van der Waals surface area contributed by atoms with Crippen molar-refractivity contribution in [2.24, 2.45) is 0 Å². The summed E-state index contributed by atoms with van der Waals surface area (Å²) in [7, 11) is -4.42. The molecule has 9 heteroatoms. The van der Waals surface area contributed by atoms with Crippen molar-refractivity contribution in [2.45, 2.75) is 30.2 Å². The van der Waals surface area contributed by atoms with Crippen LogP contribution < -0.4 is 9.88 Å². The number of hydrogen-bond acceptors (Lipinski definition) is 6. The lowest BCUT2D eigenvalue weighted by Crippen LogP contribution is -2.33. The SMILES string of the molecule is CCOS(=O)(=O)[O-].CC[n+]1cc2c(c3ccccc31)Nc1cccc(Cl)c1S2. The summed E-state index contributed by atoms with van der Waals surface area (Å²) in [6, 6.07) is 14.5. The maximum Gasteiger partial charge on any atom is 0.217 e. The van der Waals surface area contributed by atoms with E-state index < -0.39 is 10.4 Å². The summed E-state index contributed by atoms with van der Waals surface area (Å²) < 4.78 is 34.3. The molecule has 28 heavy (non-hydrogen) atoms. The minimum atomic E-state index is -4.42. The third-order valence-corrected chi connectivity index (χ3v) is 6.17. The van der Waals surface area contributed by atoms with E-state index in [9.17, 15) is 13.0 Å². The van der Waals surface area contributed by atoms with Crippen LogP contribution in [0.1, 0.15) is 13.8 Å². The monoisotopic (exact) mass is 438 g/mol.